The van der Waals surface area contributed by atoms with Crippen LogP contribution in [0.5, 0.6) is 0 Å². The minimum absolute atomic E-state index is 0.259. The SMILES string of the molecule is O=C(NCc1cccnc1)Nc1ccc(-n2nc(I)c3ccccc32)cc1. The predicted molar refractivity (Wildman–Crippen MR) is 114 cm³/mol. The fourth-order valence-corrected chi connectivity index (χ4v) is 3.44. The number of hydrogen-bond donors (Lipinski definition) is 2. The smallest absolute Gasteiger partial charge is 0.319 e. The molecule has 2 N–H and O–H groups in total. The van der Waals surface area contributed by atoms with Crippen molar-refractivity contribution >= 4 is 45.2 Å². The Morgan fingerprint density at radius 3 is 2.63 bits per heavy atom. The van der Waals surface area contributed by atoms with E-state index in [-0.39, 0.29) is 6.03 Å². The lowest BCUT2D eigenvalue weighted by atomic mass is 10.2. The summed E-state index contributed by atoms with van der Waals surface area (Å²) in [4.78, 5) is 16.1. The van der Waals surface area contributed by atoms with E-state index in [1.807, 2.05) is 59.3 Å². The van der Waals surface area contributed by atoms with E-state index in [2.05, 4.69) is 49.4 Å². The molecule has 0 aliphatic rings. The van der Waals surface area contributed by atoms with Crippen LogP contribution in [0.25, 0.3) is 16.6 Å². The molecule has 0 bridgehead atoms. The third-order valence-corrected chi connectivity index (χ3v) is 4.88. The summed E-state index contributed by atoms with van der Waals surface area (Å²) < 4.78 is 2.86. The Morgan fingerprint density at radius 2 is 1.85 bits per heavy atom. The first kappa shape index (κ1) is 17.5. The summed E-state index contributed by atoms with van der Waals surface area (Å²) in [5.74, 6) is 0. The molecule has 27 heavy (non-hydrogen) atoms. The largest absolute Gasteiger partial charge is 0.334 e. The number of urea groups is 1. The molecule has 0 saturated heterocycles. The van der Waals surface area contributed by atoms with Crippen molar-refractivity contribution in [2.75, 3.05) is 5.32 Å². The van der Waals surface area contributed by atoms with E-state index in [0.717, 1.165) is 25.9 Å². The summed E-state index contributed by atoms with van der Waals surface area (Å²) in [7, 11) is 0. The van der Waals surface area contributed by atoms with Crippen molar-refractivity contribution < 1.29 is 4.79 Å². The minimum Gasteiger partial charge on any atom is -0.334 e. The zero-order valence-electron chi connectivity index (χ0n) is 14.3. The molecule has 0 aliphatic carbocycles. The minimum atomic E-state index is -0.259. The van der Waals surface area contributed by atoms with E-state index in [4.69, 9.17) is 0 Å². The summed E-state index contributed by atoms with van der Waals surface area (Å²) in [6.45, 7) is 0.426. The van der Waals surface area contributed by atoms with E-state index >= 15 is 0 Å². The van der Waals surface area contributed by atoms with Crippen molar-refractivity contribution in [2.45, 2.75) is 6.54 Å². The monoisotopic (exact) mass is 469 g/mol. The molecular weight excluding hydrogens is 453 g/mol. The molecule has 2 aromatic carbocycles. The Balaban J connectivity index is 1.45. The van der Waals surface area contributed by atoms with E-state index in [1.165, 1.54) is 0 Å². The number of fused-ring (bicyclic) bond motifs is 1. The van der Waals surface area contributed by atoms with E-state index < -0.39 is 0 Å². The third-order valence-electron chi connectivity index (χ3n) is 4.09. The number of carbonyl (C=O) groups excluding carboxylic acids is 1. The maximum atomic E-state index is 12.1. The van der Waals surface area contributed by atoms with Gasteiger partial charge in [-0.1, -0.05) is 24.3 Å². The van der Waals surface area contributed by atoms with E-state index in [9.17, 15) is 4.79 Å². The molecule has 0 aliphatic heterocycles. The standard InChI is InChI=1S/C20H16IN5O/c21-19-17-5-1-2-6-18(17)26(25-19)16-9-7-15(8-10-16)24-20(27)23-13-14-4-3-11-22-12-14/h1-12H,13H2,(H2,23,24,27). The second-order valence-electron chi connectivity index (χ2n) is 5.94. The highest BCUT2D eigenvalue weighted by Crippen LogP contribution is 2.23. The van der Waals surface area contributed by atoms with Gasteiger partial charge in [-0.05, 0) is 64.6 Å². The molecule has 0 unspecified atom stereocenters. The van der Waals surface area contributed by atoms with Crippen molar-refractivity contribution in [1.29, 1.82) is 0 Å². The Hall–Kier alpha value is -2.94. The average molecular weight is 469 g/mol. The highest BCUT2D eigenvalue weighted by molar-refractivity contribution is 14.1. The number of anilines is 1. The summed E-state index contributed by atoms with van der Waals surface area (Å²) in [6.07, 6.45) is 3.43. The van der Waals surface area contributed by atoms with Gasteiger partial charge in [-0.25, -0.2) is 9.48 Å². The number of aromatic nitrogens is 3. The predicted octanol–water partition coefficient (Wildman–Crippen LogP) is 4.35. The molecular formula is C20H16IN5O. The Morgan fingerprint density at radius 1 is 1.04 bits per heavy atom. The topological polar surface area (TPSA) is 71.8 Å². The van der Waals surface area contributed by atoms with Crippen LogP contribution in [0.1, 0.15) is 5.56 Å². The van der Waals surface area contributed by atoms with E-state index in [1.54, 1.807) is 12.4 Å². The molecule has 2 heterocycles. The van der Waals surface area contributed by atoms with Gasteiger partial charge in [0.15, 0.2) is 0 Å². The quantitative estimate of drug-likeness (QED) is 0.437. The van der Waals surface area contributed by atoms with Gasteiger partial charge in [0, 0.05) is 30.0 Å². The molecule has 6 nitrogen and oxygen atoms in total. The number of para-hydroxylation sites is 1. The molecule has 0 radical (unpaired) electrons. The van der Waals surface area contributed by atoms with Crippen LogP contribution in [0.15, 0.2) is 73.1 Å². The van der Waals surface area contributed by atoms with Gasteiger partial charge >= 0.3 is 6.03 Å². The van der Waals surface area contributed by atoms with Gasteiger partial charge in [0.2, 0.25) is 0 Å². The average Bonchev–Trinajstić information content (AvgIpc) is 3.05. The van der Waals surface area contributed by atoms with Crippen LogP contribution in [0, 0.1) is 3.70 Å². The van der Waals surface area contributed by atoms with Crippen LogP contribution in [-0.4, -0.2) is 20.8 Å². The summed E-state index contributed by atoms with van der Waals surface area (Å²) >= 11 is 2.24. The number of nitrogens with zero attached hydrogens (tertiary/aromatic N) is 3. The lowest BCUT2D eigenvalue weighted by Crippen LogP contribution is -2.28. The normalized spacial score (nSPS) is 10.7. The zero-order valence-corrected chi connectivity index (χ0v) is 16.4. The highest BCUT2D eigenvalue weighted by atomic mass is 127. The zero-order chi connectivity index (χ0) is 18.6. The van der Waals surface area contributed by atoms with Gasteiger partial charge in [0.1, 0.15) is 3.70 Å². The second kappa shape index (κ2) is 7.75. The molecule has 4 rings (SSSR count). The van der Waals surface area contributed by atoms with Crippen molar-refractivity contribution in [3.8, 4) is 5.69 Å². The fraction of sp³-hybridized carbons (Fsp3) is 0.0500. The first-order valence-electron chi connectivity index (χ1n) is 8.38. The number of rotatable bonds is 4. The lowest BCUT2D eigenvalue weighted by Gasteiger charge is -2.09. The number of pyridine rings is 1. The Labute approximate surface area is 169 Å². The summed E-state index contributed by atoms with van der Waals surface area (Å²) in [6, 6.07) is 19.2. The van der Waals surface area contributed by atoms with Crippen molar-refractivity contribution in [3.05, 3.63) is 82.3 Å². The summed E-state index contributed by atoms with van der Waals surface area (Å²) in [5.41, 5.74) is 3.66. The van der Waals surface area contributed by atoms with Gasteiger partial charge in [0.05, 0.1) is 11.2 Å². The van der Waals surface area contributed by atoms with E-state index in [0.29, 0.717) is 12.2 Å². The molecule has 7 heteroatoms. The lowest BCUT2D eigenvalue weighted by molar-refractivity contribution is 0.251. The maximum Gasteiger partial charge on any atom is 0.319 e. The molecule has 0 atom stereocenters. The molecule has 2 aromatic heterocycles. The van der Waals surface area contributed by atoms with Crippen molar-refractivity contribution in [3.63, 3.8) is 0 Å². The van der Waals surface area contributed by atoms with Gasteiger partial charge in [-0.15, -0.1) is 0 Å². The Bertz CT molecular complexity index is 1080. The van der Waals surface area contributed by atoms with Crippen molar-refractivity contribution in [2.24, 2.45) is 0 Å². The highest BCUT2D eigenvalue weighted by Gasteiger charge is 2.09. The Kier molecular flexibility index (Phi) is 5.01. The number of benzene rings is 2. The number of carbonyl (C=O) groups is 1. The summed E-state index contributed by atoms with van der Waals surface area (Å²) in [5, 5.41) is 11.4. The molecule has 0 spiro atoms. The van der Waals surface area contributed by atoms with Crippen LogP contribution < -0.4 is 10.6 Å². The second-order valence-corrected chi connectivity index (χ2v) is 6.96. The number of halogens is 1. The molecule has 0 fully saturated rings. The maximum absolute atomic E-state index is 12.1. The number of nitrogens with one attached hydrogen (secondary N) is 2. The third kappa shape index (κ3) is 3.92. The first-order chi connectivity index (χ1) is 13.2. The van der Waals surface area contributed by atoms with Crippen LogP contribution in [0.2, 0.25) is 0 Å². The van der Waals surface area contributed by atoms with Crippen LogP contribution >= 0.6 is 22.6 Å². The molecule has 4 aromatic rings. The molecule has 134 valence electrons. The van der Waals surface area contributed by atoms with Crippen LogP contribution in [0.3, 0.4) is 0 Å². The van der Waals surface area contributed by atoms with Crippen LogP contribution in [-0.2, 0) is 6.54 Å². The number of amides is 2. The molecule has 2 amide bonds. The van der Waals surface area contributed by atoms with Gasteiger partial charge in [0.25, 0.3) is 0 Å². The first-order valence-corrected chi connectivity index (χ1v) is 9.46. The molecule has 0 saturated carbocycles. The van der Waals surface area contributed by atoms with Gasteiger partial charge in [-0.2, -0.15) is 5.10 Å². The van der Waals surface area contributed by atoms with Crippen molar-refractivity contribution in [1.82, 2.24) is 20.1 Å². The fourth-order valence-electron chi connectivity index (χ4n) is 2.77. The van der Waals surface area contributed by atoms with Gasteiger partial charge < -0.3 is 10.6 Å². The number of hydrogen-bond acceptors (Lipinski definition) is 3. The van der Waals surface area contributed by atoms with Crippen LogP contribution in [0.4, 0.5) is 10.5 Å². The van der Waals surface area contributed by atoms with Gasteiger partial charge in [-0.3, -0.25) is 4.98 Å².